The van der Waals surface area contributed by atoms with Crippen LogP contribution in [0.15, 0.2) is 47.7 Å². The molecule has 1 aliphatic carbocycles. The van der Waals surface area contributed by atoms with Crippen LogP contribution in [0, 0.1) is 6.92 Å². The van der Waals surface area contributed by atoms with Gasteiger partial charge >= 0.3 is 0 Å². The minimum Gasteiger partial charge on any atom is -0.339 e. The lowest BCUT2D eigenvalue weighted by Gasteiger charge is -2.41. The number of amides is 1. The summed E-state index contributed by atoms with van der Waals surface area (Å²) < 4.78 is 1.55. The predicted molar refractivity (Wildman–Crippen MR) is 98.8 cm³/mol. The number of carbonyl (C=O) groups is 1. The van der Waals surface area contributed by atoms with Gasteiger partial charge in [-0.15, -0.1) is 0 Å². The fourth-order valence-corrected chi connectivity index (χ4v) is 3.46. The number of rotatable bonds is 4. The lowest BCUT2D eigenvalue weighted by Crippen LogP contribution is -2.44. The summed E-state index contributed by atoms with van der Waals surface area (Å²) in [6.07, 6.45) is 7.09. The van der Waals surface area contributed by atoms with E-state index in [2.05, 4.69) is 26.3 Å². The third-order valence-corrected chi connectivity index (χ3v) is 5.26. The van der Waals surface area contributed by atoms with E-state index in [-0.39, 0.29) is 17.5 Å². The molecular formula is C19H20N6O2. The molecule has 1 saturated carbocycles. The molecule has 1 amide bonds. The number of nitrogens with zero attached hydrogens (tertiary/aromatic N) is 5. The van der Waals surface area contributed by atoms with Gasteiger partial charge in [0.1, 0.15) is 0 Å². The van der Waals surface area contributed by atoms with Crippen LogP contribution in [-0.2, 0) is 0 Å². The maximum atomic E-state index is 12.9. The molecule has 0 bridgehead atoms. The van der Waals surface area contributed by atoms with E-state index in [1.807, 2.05) is 26.2 Å². The van der Waals surface area contributed by atoms with Crippen molar-refractivity contribution in [3.8, 4) is 5.82 Å². The van der Waals surface area contributed by atoms with Crippen LogP contribution >= 0.6 is 0 Å². The summed E-state index contributed by atoms with van der Waals surface area (Å²) in [5, 5.41) is 10.6. The van der Waals surface area contributed by atoms with Gasteiger partial charge in [-0.05, 0) is 43.4 Å². The van der Waals surface area contributed by atoms with Gasteiger partial charge in [-0.3, -0.25) is 14.6 Å². The van der Waals surface area contributed by atoms with E-state index in [4.69, 9.17) is 0 Å². The van der Waals surface area contributed by atoms with E-state index in [0.29, 0.717) is 23.0 Å². The first-order valence-corrected chi connectivity index (χ1v) is 8.82. The van der Waals surface area contributed by atoms with Gasteiger partial charge in [-0.2, -0.15) is 10.2 Å². The third-order valence-electron chi connectivity index (χ3n) is 5.26. The van der Waals surface area contributed by atoms with E-state index in [0.717, 1.165) is 12.8 Å². The Kier molecular flexibility index (Phi) is 4.31. The second kappa shape index (κ2) is 6.79. The zero-order valence-corrected chi connectivity index (χ0v) is 15.2. The SMILES string of the molecule is Cc1c(C(=O)N(C)C2CC(c3cccnc3)C2)cnn1-c1ccc(=O)[nH]n1. The van der Waals surface area contributed by atoms with Crippen molar-refractivity contribution in [2.45, 2.75) is 31.7 Å². The molecule has 0 unspecified atom stereocenters. The lowest BCUT2D eigenvalue weighted by atomic mass is 9.75. The fraction of sp³-hybridized carbons (Fsp3) is 0.316. The van der Waals surface area contributed by atoms with Gasteiger partial charge in [-0.1, -0.05) is 6.07 Å². The quantitative estimate of drug-likeness (QED) is 0.760. The van der Waals surface area contributed by atoms with Gasteiger partial charge < -0.3 is 4.90 Å². The first kappa shape index (κ1) is 17.1. The zero-order chi connectivity index (χ0) is 19.0. The molecule has 27 heavy (non-hydrogen) atoms. The molecule has 8 heteroatoms. The van der Waals surface area contributed by atoms with E-state index >= 15 is 0 Å². The van der Waals surface area contributed by atoms with Crippen LogP contribution in [0.25, 0.3) is 5.82 Å². The number of carbonyl (C=O) groups excluding carboxylic acids is 1. The third kappa shape index (κ3) is 3.14. The summed E-state index contributed by atoms with van der Waals surface area (Å²) in [5.74, 6) is 0.861. The molecule has 0 aromatic carbocycles. The molecule has 0 radical (unpaired) electrons. The number of pyridine rings is 1. The fourth-order valence-electron chi connectivity index (χ4n) is 3.46. The Hall–Kier alpha value is -3.29. The van der Waals surface area contributed by atoms with Crippen LogP contribution in [0.2, 0.25) is 0 Å². The standard InChI is InChI=1S/C19H20N6O2/c1-12-16(11-21-25(12)17-5-6-18(26)23-22-17)19(27)24(2)15-8-14(9-15)13-4-3-7-20-10-13/h3-7,10-11,14-15H,8-9H2,1-2H3,(H,23,26). The zero-order valence-electron chi connectivity index (χ0n) is 15.2. The average Bonchev–Trinajstić information content (AvgIpc) is 3.03. The second-order valence-electron chi connectivity index (χ2n) is 6.86. The van der Waals surface area contributed by atoms with Crippen molar-refractivity contribution in [3.05, 3.63) is 70.0 Å². The minimum absolute atomic E-state index is 0.0576. The van der Waals surface area contributed by atoms with Crippen molar-refractivity contribution in [2.24, 2.45) is 0 Å². The number of hydrogen-bond donors (Lipinski definition) is 1. The molecule has 3 heterocycles. The smallest absolute Gasteiger partial charge is 0.264 e. The molecule has 4 rings (SSSR count). The minimum atomic E-state index is -0.284. The summed E-state index contributed by atoms with van der Waals surface area (Å²) >= 11 is 0. The molecule has 3 aromatic heterocycles. The monoisotopic (exact) mass is 364 g/mol. The van der Waals surface area contributed by atoms with E-state index in [1.165, 1.54) is 11.6 Å². The van der Waals surface area contributed by atoms with Gasteiger partial charge in [0.15, 0.2) is 5.82 Å². The van der Waals surface area contributed by atoms with Gasteiger partial charge in [0, 0.05) is 31.5 Å². The number of aromatic nitrogens is 5. The molecule has 0 atom stereocenters. The first-order valence-electron chi connectivity index (χ1n) is 8.82. The molecule has 0 saturated heterocycles. The van der Waals surface area contributed by atoms with Crippen molar-refractivity contribution in [1.82, 2.24) is 29.9 Å². The van der Waals surface area contributed by atoms with Crippen LogP contribution in [0.4, 0.5) is 0 Å². The summed E-state index contributed by atoms with van der Waals surface area (Å²) in [7, 11) is 1.83. The maximum absolute atomic E-state index is 12.9. The summed E-state index contributed by atoms with van der Waals surface area (Å²) in [4.78, 5) is 30.1. The molecule has 1 aliphatic rings. The van der Waals surface area contributed by atoms with Crippen molar-refractivity contribution in [1.29, 1.82) is 0 Å². The number of H-pyrrole nitrogens is 1. The van der Waals surface area contributed by atoms with Crippen LogP contribution in [0.5, 0.6) is 0 Å². The van der Waals surface area contributed by atoms with Crippen LogP contribution in [0.3, 0.4) is 0 Å². The Balaban J connectivity index is 1.47. The second-order valence-corrected chi connectivity index (χ2v) is 6.86. The summed E-state index contributed by atoms with van der Waals surface area (Å²) in [5.41, 5.74) is 2.17. The molecule has 8 nitrogen and oxygen atoms in total. The van der Waals surface area contributed by atoms with Gasteiger partial charge in [0.05, 0.1) is 17.5 Å². The van der Waals surface area contributed by atoms with E-state index < -0.39 is 0 Å². The molecule has 138 valence electrons. The van der Waals surface area contributed by atoms with Crippen LogP contribution in [-0.4, -0.2) is 48.9 Å². The molecule has 0 spiro atoms. The Bertz CT molecular complexity index is 1000. The normalized spacial score (nSPS) is 18.7. The Morgan fingerprint density at radius 1 is 1.26 bits per heavy atom. The molecule has 0 aliphatic heterocycles. The van der Waals surface area contributed by atoms with Crippen molar-refractivity contribution in [2.75, 3.05) is 7.05 Å². The number of nitrogens with one attached hydrogen (secondary N) is 1. The highest BCUT2D eigenvalue weighted by atomic mass is 16.2. The number of aromatic amines is 1. The number of hydrogen-bond acceptors (Lipinski definition) is 5. The largest absolute Gasteiger partial charge is 0.339 e. The van der Waals surface area contributed by atoms with Crippen molar-refractivity contribution >= 4 is 5.91 Å². The van der Waals surface area contributed by atoms with E-state index in [9.17, 15) is 9.59 Å². The van der Waals surface area contributed by atoms with Gasteiger partial charge in [0.2, 0.25) is 0 Å². The maximum Gasteiger partial charge on any atom is 0.264 e. The summed E-state index contributed by atoms with van der Waals surface area (Å²) in [6.45, 7) is 1.82. The molecule has 3 aromatic rings. The summed E-state index contributed by atoms with van der Waals surface area (Å²) in [6, 6.07) is 7.18. The lowest BCUT2D eigenvalue weighted by molar-refractivity contribution is 0.0619. The first-order chi connectivity index (χ1) is 13.0. The topological polar surface area (TPSA) is 96.8 Å². The van der Waals surface area contributed by atoms with Crippen molar-refractivity contribution in [3.63, 3.8) is 0 Å². The Labute approximate surface area is 155 Å². The predicted octanol–water partition coefficient (Wildman–Crippen LogP) is 1.68. The highest BCUT2D eigenvalue weighted by molar-refractivity contribution is 5.95. The molecule has 1 fully saturated rings. The average molecular weight is 364 g/mol. The van der Waals surface area contributed by atoms with Gasteiger partial charge in [-0.25, -0.2) is 9.78 Å². The van der Waals surface area contributed by atoms with E-state index in [1.54, 1.807) is 28.0 Å². The Morgan fingerprint density at radius 2 is 2.07 bits per heavy atom. The van der Waals surface area contributed by atoms with Crippen LogP contribution in [0.1, 0.15) is 40.4 Å². The van der Waals surface area contributed by atoms with Crippen LogP contribution < -0.4 is 5.56 Å². The van der Waals surface area contributed by atoms with Gasteiger partial charge in [0.25, 0.3) is 11.5 Å². The molecular weight excluding hydrogens is 344 g/mol. The highest BCUT2D eigenvalue weighted by Gasteiger charge is 2.36. The molecule has 1 N–H and O–H groups in total. The van der Waals surface area contributed by atoms with Crippen molar-refractivity contribution < 1.29 is 4.79 Å². The Morgan fingerprint density at radius 3 is 2.74 bits per heavy atom. The highest BCUT2D eigenvalue weighted by Crippen LogP contribution is 2.39.